The van der Waals surface area contributed by atoms with Crippen LogP contribution < -0.4 is 0 Å². The van der Waals surface area contributed by atoms with Crippen LogP contribution in [0.4, 0.5) is 0 Å². The Balaban J connectivity index is 1.94. The molecule has 1 saturated heterocycles. The predicted octanol–water partition coefficient (Wildman–Crippen LogP) is 2.37. The molecular weight excluding hydrogens is 174 g/mol. The fourth-order valence-electron chi connectivity index (χ4n) is 3.30. The molecule has 2 atom stereocenters. The number of hydrogen-bond acceptors (Lipinski definition) is 2. The van der Waals surface area contributed by atoms with Crippen LogP contribution in [0.3, 0.4) is 0 Å². The Hall–Kier alpha value is -0.0800. The van der Waals surface area contributed by atoms with Gasteiger partial charge in [0, 0.05) is 12.6 Å². The van der Waals surface area contributed by atoms with Gasteiger partial charge in [-0.3, -0.25) is 4.90 Å². The smallest absolute Gasteiger partial charge is 0.104 e. The van der Waals surface area contributed by atoms with Crippen molar-refractivity contribution in [2.24, 2.45) is 5.92 Å². The first-order valence-electron chi connectivity index (χ1n) is 6.23. The molecule has 2 nitrogen and oxygen atoms in total. The summed E-state index contributed by atoms with van der Waals surface area (Å²) in [5.74, 6) is 0.876. The maximum atomic E-state index is 9.68. The molecule has 1 saturated carbocycles. The minimum absolute atomic E-state index is 0.232. The second-order valence-electron chi connectivity index (χ2n) is 4.98. The van der Waals surface area contributed by atoms with Crippen molar-refractivity contribution in [2.75, 3.05) is 6.54 Å². The van der Waals surface area contributed by atoms with Crippen molar-refractivity contribution in [3.63, 3.8) is 0 Å². The molecule has 0 bridgehead atoms. The van der Waals surface area contributed by atoms with Gasteiger partial charge in [0.25, 0.3) is 0 Å². The molecular formula is C12H23NO. The second-order valence-corrected chi connectivity index (χ2v) is 4.98. The van der Waals surface area contributed by atoms with Crippen molar-refractivity contribution in [3.8, 4) is 0 Å². The molecule has 0 aromatic carbocycles. The first-order chi connectivity index (χ1) is 6.79. The maximum absolute atomic E-state index is 9.68. The van der Waals surface area contributed by atoms with Gasteiger partial charge >= 0.3 is 0 Å². The van der Waals surface area contributed by atoms with Crippen molar-refractivity contribution in [2.45, 2.75) is 64.1 Å². The molecule has 0 aromatic rings. The highest BCUT2D eigenvalue weighted by Gasteiger charge is 2.33. The molecule has 0 amide bonds. The van der Waals surface area contributed by atoms with Crippen LogP contribution >= 0.6 is 0 Å². The van der Waals surface area contributed by atoms with Crippen LogP contribution in [0, 0.1) is 5.92 Å². The van der Waals surface area contributed by atoms with E-state index in [1.807, 2.05) is 6.92 Å². The quantitative estimate of drug-likeness (QED) is 0.734. The van der Waals surface area contributed by atoms with Gasteiger partial charge in [-0.25, -0.2) is 0 Å². The number of nitrogens with zero attached hydrogens (tertiary/aromatic N) is 1. The second kappa shape index (κ2) is 4.63. The lowest BCUT2D eigenvalue weighted by molar-refractivity contribution is -0.0110. The van der Waals surface area contributed by atoms with E-state index in [0.29, 0.717) is 6.04 Å². The van der Waals surface area contributed by atoms with Gasteiger partial charge in [0.1, 0.15) is 6.23 Å². The lowest BCUT2D eigenvalue weighted by atomic mass is 9.83. The molecule has 1 heterocycles. The number of rotatable bonds is 2. The number of aliphatic hydroxyl groups is 1. The molecule has 0 radical (unpaired) electrons. The van der Waals surface area contributed by atoms with Crippen LogP contribution in [0.1, 0.15) is 51.9 Å². The maximum Gasteiger partial charge on any atom is 0.104 e. The Kier molecular flexibility index (Phi) is 3.45. The lowest BCUT2D eigenvalue weighted by Gasteiger charge is -2.35. The van der Waals surface area contributed by atoms with Crippen molar-refractivity contribution >= 4 is 0 Å². The zero-order valence-corrected chi connectivity index (χ0v) is 9.28. The summed E-state index contributed by atoms with van der Waals surface area (Å²) >= 11 is 0. The van der Waals surface area contributed by atoms with Crippen molar-refractivity contribution in [3.05, 3.63) is 0 Å². The summed E-state index contributed by atoms with van der Waals surface area (Å²) < 4.78 is 0. The Morgan fingerprint density at radius 3 is 2.43 bits per heavy atom. The van der Waals surface area contributed by atoms with Gasteiger partial charge in [-0.2, -0.15) is 0 Å². The largest absolute Gasteiger partial charge is 0.379 e. The molecule has 1 aliphatic carbocycles. The highest BCUT2D eigenvalue weighted by atomic mass is 16.3. The van der Waals surface area contributed by atoms with Crippen LogP contribution in [0.5, 0.6) is 0 Å². The van der Waals surface area contributed by atoms with Gasteiger partial charge in [0.15, 0.2) is 0 Å². The summed E-state index contributed by atoms with van der Waals surface area (Å²) in [6, 6.07) is 0.690. The number of likely N-dealkylation sites (tertiary alicyclic amines) is 1. The Bertz CT molecular complexity index is 175. The minimum Gasteiger partial charge on any atom is -0.379 e. The van der Waals surface area contributed by atoms with Gasteiger partial charge < -0.3 is 5.11 Å². The molecule has 2 heteroatoms. The van der Waals surface area contributed by atoms with Crippen LogP contribution in [-0.2, 0) is 0 Å². The molecule has 0 aromatic heterocycles. The fraction of sp³-hybridized carbons (Fsp3) is 1.00. The third-order valence-electron chi connectivity index (χ3n) is 4.02. The van der Waals surface area contributed by atoms with E-state index in [2.05, 4.69) is 4.90 Å². The molecule has 2 fully saturated rings. The van der Waals surface area contributed by atoms with E-state index in [1.54, 1.807) is 0 Å². The van der Waals surface area contributed by atoms with Crippen molar-refractivity contribution < 1.29 is 5.11 Å². The van der Waals surface area contributed by atoms with Crippen LogP contribution in [0.2, 0.25) is 0 Å². The third-order valence-corrected chi connectivity index (χ3v) is 4.02. The standard InChI is InChI=1S/C12H23NO/c1-10(14)13-9-5-8-12(13)11-6-3-2-4-7-11/h10-12,14H,2-9H2,1H3. The summed E-state index contributed by atoms with van der Waals surface area (Å²) in [5, 5.41) is 9.68. The Morgan fingerprint density at radius 2 is 1.79 bits per heavy atom. The van der Waals surface area contributed by atoms with Gasteiger partial charge in [-0.1, -0.05) is 19.3 Å². The summed E-state index contributed by atoms with van der Waals surface area (Å²) in [7, 11) is 0. The van der Waals surface area contributed by atoms with Crippen molar-refractivity contribution in [1.82, 2.24) is 4.90 Å². The highest BCUT2D eigenvalue weighted by molar-refractivity contribution is 4.86. The molecule has 2 unspecified atom stereocenters. The van der Waals surface area contributed by atoms with E-state index in [-0.39, 0.29) is 6.23 Å². The van der Waals surface area contributed by atoms with Crippen LogP contribution in [0.25, 0.3) is 0 Å². The average molecular weight is 197 g/mol. The fourth-order valence-corrected chi connectivity index (χ4v) is 3.30. The minimum atomic E-state index is -0.232. The summed E-state index contributed by atoms with van der Waals surface area (Å²) in [4.78, 5) is 2.32. The summed E-state index contributed by atoms with van der Waals surface area (Å²) in [6.45, 7) is 3.03. The van der Waals surface area contributed by atoms with Crippen LogP contribution in [0.15, 0.2) is 0 Å². The first-order valence-corrected chi connectivity index (χ1v) is 6.23. The third kappa shape index (κ3) is 2.12. The topological polar surface area (TPSA) is 23.5 Å². The van der Waals surface area contributed by atoms with E-state index in [9.17, 15) is 5.11 Å². The first kappa shape index (κ1) is 10.4. The molecule has 82 valence electrons. The van der Waals surface area contributed by atoms with Gasteiger partial charge in [0.05, 0.1) is 0 Å². The monoisotopic (exact) mass is 197 g/mol. The normalized spacial score (nSPS) is 33.4. The van der Waals surface area contributed by atoms with E-state index >= 15 is 0 Å². The Morgan fingerprint density at radius 1 is 1.07 bits per heavy atom. The Labute approximate surface area is 87.3 Å². The molecule has 1 aliphatic heterocycles. The molecule has 2 aliphatic rings. The molecule has 2 rings (SSSR count). The number of aliphatic hydroxyl groups excluding tert-OH is 1. The van der Waals surface area contributed by atoms with Crippen molar-refractivity contribution in [1.29, 1.82) is 0 Å². The molecule has 14 heavy (non-hydrogen) atoms. The van der Waals surface area contributed by atoms with Gasteiger partial charge in [-0.05, 0) is 38.5 Å². The van der Waals surface area contributed by atoms with Gasteiger partial charge in [0.2, 0.25) is 0 Å². The van der Waals surface area contributed by atoms with E-state index in [4.69, 9.17) is 0 Å². The molecule has 1 N–H and O–H groups in total. The zero-order valence-electron chi connectivity index (χ0n) is 9.28. The highest BCUT2D eigenvalue weighted by Crippen LogP contribution is 2.34. The average Bonchev–Trinajstić information content (AvgIpc) is 2.67. The number of hydrogen-bond donors (Lipinski definition) is 1. The van der Waals surface area contributed by atoms with E-state index in [0.717, 1.165) is 12.5 Å². The zero-order chi connectivity index (χ0) is 9.97. The predicted molar refractivity (Wildman–Crippen MR) is 58.0 cm³/mol. The van der Waals surface area contributed by atoms with E-state index < -0.39 is 0 Å². The lowest BCUT2D eigenvalue weighted by Crippen LogP contribution is -2.41. The SMILES string of the molecule is CC(O)N1CCCC1C1CCCCC1. The molecule has 0 spiro atoms. The summed E-state index contributed by atoms with van der Waals surface area (Å²) in [5.41, 5.74) is 0. The summed E-state index contributed by atoms with van der Waals surface area (Å²) in [6.07, 6.45) is 9.41. The van der Waals surface area contributed by atoms with Crippen LogP contribution in [-0.4, -0.2) is 28.8 Å². The van der Waals surface area contributed by atoms with E-state index in [1.165, 1.54) is 44.9 Å². The van der Waals surface area contributed by atoms with Gasteiger partial charge in [-0.15, -0.1) is 0 Å².